The first-order chi connectivity index (χ1) is 11.0. The molecule has 0 aliphatic rings. The van der Waals surface area contributed by atoms with E-state index in [0.29, 0.717) is 23.7 Å². The van der Waals surface area contributed by atoms with Crippen LogP contribution in [0.4, 0.5) is 4.39 Å². The quantitative estimate of drug-likeness (QED) is 0.802. The number of benzene rings is 1. The molecule has 0 unspecified atom stereocenters. The summed E-state index contributed by atoms with van der Waals surface area (Å²) in [5.74, 6) is -0.248. The third kappa shape index (κ3) is 3.18. The van der Waals surface area contributed by atoms with Crippen LogP contribution < -0.4 is 5.32 Å². The molecule has 0 aliphatic heterocycles. The van der Waals surface area contributed by atoms with Gasteiger partial charge in [0.05, 0.1) is 0 Å². The summed E-state index contributed by atoms with van der Waals surface area (Å²) >= 11 is 0. The first-order valence-corrected chi connectivity index (χ1v) is 7.30. The first kappa shape index (κ1) is 15.1. The normalized spacial score (nSPS) is 11.1. The Labute approximate surface area is 132 Å². The number of amides is 1. The molecule has 0 fully saturated rings. The molecule has 3 aromatic rings. The van der Waals surface area contributed by atoms with E-state index in [2.05, 4.69) is 20.6 Å². The van der Waals surface area contributed by atoms with E-state index in [1.54, 1.807) is 18.2 Å². The van der Waals surface area contributed by atoms with Crippen LogP contribution in [0.1, 0.15) is 24.3 Å². The topological polar surface area (TPSA) is 72.2 Å². The van der Waals surface area contributed by atoms with E-state index in [1.165, 1.54) is 23.0 Å². The largest absolute Gasteiger partial charge is 0.350 e. The summed E-state index contributed by atoms with van der Waals surface area (Å²) in [4.78, 5) is 12.3. The number of hydrogen-bond donors (Lipinski definition) is 1. The maximum atomic E-state index is 13.1. The zero-order chi connectivity index (χ0) is 16.4. The number of aromatic nitrogens is 4. The highest BCUT2D eigenvalue weighted by Crippen LogP contribution is 2.24. The minimum absolute atomic E-state index is 0.261. The van der Waals surface area contributed by atoms with Gasteiger partial charge >= 0.3 is 0 Å². The second kappa shape index (κ2) is 6.12. The molecule has 2 heterocycles. The van der Waals surface area contributed by atoms with Gasteiger partial charge in [-0.15, -0.1) is 10.2 Å². The Balaban J connectivity index is 2.04. The number of hydrogen-bond acceptors (Lipinski definition) is 4. The zero-order valence-corrected chi connectivity index (χ0v) is 12.8. The van der Waals surface area contributed by atoms with Crippen LogP contribution in [0.15, 0.2) is 36.7 Å². The molecular weight excluding hydrogens is 297 g/mol. The summed E-state index contributed by atoms with van der Waals surface area (Å²) in [5.41, 5.74) is 2.19. The second-order valence-electron chi connectivity index (χ2n) is 5.65. The van der Waals surface area contributed by atoms with Gasteiger partial charge in [0.25, 0.3) is 5.91 Å². The Bertz CT molecular complexity index is 841. The lowest BCUT2D eigenvalue weighted by atomic mass is 10.1. The lowest BCUT2D eigenvalue weighted by Gasteiger charge is -2.09. The smallest absolute Gasteiger partial charge is 0.271 e. The molecule has 0 spiro atoms. The third-order valence-corrected chi connectivity index (χ3v) is 3.33. The van der Waals surface area contributed by atoms with E-state index in [1.807, 2.05) is 13.8 Å². The summed E-state index contributed by atoms with van der Waals surface area (Å²) in [6.07, 6.45) is 1.43. The van der Waals surface area contributed by atoms with Crippen molar-refractivity contribution in [2.24, 2.45) is 5.92 Å². The average Bonchev–Trinajstić information content (AvgIpc) is 3.01. The Morgan fingerprint density at radius 2 is 2.04 bits per heavy atom. The molecule has 118 valence electrons. The van der Waals surface area contributed by atoms with Crippen molar-refractivity contribution in [3.63, 3.8) is 0 Å². The maximum absolute atomic E-state index is 13.1. The van der Waals surface area contributed by atoms with Crippen LogP contribution in [-0.2, 0) is 0 Å². The second-order valence-corrected chi connectivity index (χ2v) is 5.65. The van der Waals surface area contributed by atoms with Gasteiger partial charge in [0.1, 0.15) is 17.8 Å². The molecule has 0 saturated heterocycles. The van der Waals surface area contributed by atoms with Crippen LogP contribution in [0, 0.1) is 11.7 Å². The van der Waals surface area contributed by atoms with Gasteiger partial charge < -0.3 is 5.32 Å². The van der Waals surface area contributed by atoms with Crippen molar-refractivity contribution in [2.75, 3.05) is 6.54 Å². The zero-order valence-electron chi connectivity index (χ0n) is 12.8. The molecule has 7 heteroatoms. The van der Waals surface area contributed by atoms with Gasteiger partial charge in [-0.1, -0.05) is 26.0 Å². The van der Waals surface area contributed by atoms with Crippen LogP contribution in [0.5, 0.6) is 0 Å². The highest BCUT2D eigenvalue weighted by Gasteiger charge is 2.15. The SMILES string of the molecule is CC(C)CNC(=O)c1cc(-c2ccc(F)cc2)c2nncn2n1. The molecule has 1 N–H and O–H groups in total. The van der Waals surface area contributed by atoms with Crippen LogP contribution in [0.25, 0.3) is 16.8 Å². The van der Waals surface area contributed by atoms with E-state index >= 15 is 0 Å². The first-order valence-electron chi connectivity index (χ1n) is 7.30. The summed E-state index contributed by atoms with van der Waals surface area (Å²) in [6, 6.07) is 7.64. The van der Waals surface area contributed by atoms with E-state index < -0.39 is 0 Å². The Morgan fingerprint density at radius 3 is 2.74 bits per heavy atom. The number of carbonyl (C=O) groups excluding carboxylic acids is 1. The Kier molecular flexibility index (Phi) is 4.01. The molecule has 3 rings (SSSR count). The summed E-state index contributed by atoms with van der Waals surface area (Å²) in [6.45, 7) is 4.59. The molecule has 1 aromatic carbocycles. The van der Waals surface area contributed by atoms with Crippen molar-refractivity contribution in [2.45, 2.75) is 13.8 Å². The van der Waals surface area contributed by atoms with Gasteiger partial charge in [-0.25, -0.2) is 4.39 Å². The number of nitrogens with one attached hydrogen (secondary N) is 1. The number of halogens is 1. The average molecular weight is 313 g/mol. The number of carbonyl (C=O) groups is 1. The van der Waals surface area contributed by atoms with Crippen LogP contribution in [0.2, 0.25) is 0 Å². The minimum Gasteiger partial charge on any atom is -0.350 e. The number of fused-ring (bicyclic) bond motifs is 1. The molecular formula is C16H16FN5O. The van der Waals surface area contributed by atoms with Gasteiger partial charge in [0, 0.05) is 12.1 Å². The van der Waals surface area contributed by atoms with E-state index in [0.717, 1.165) is 5.56 Å². The van der Waals surface area contributed by atoms with Gasteiger partial charge in [0.2, 0.25) is 0 Å². The number of nitrogens with zero attached hydrogens (tertiary/aromatic N) is 4. The molecule has 0 radical (unpaired) electrons. The van der Waals surface area contributed by atoms with Crippen LogP contribution in [0.3, 0.4) is 0 Å². The van der Waals surface area contributed by atoms with E-state index in [9.17, 15) is 9.18 Å². The van der Waals surface area contributed by atoms with Gasteiger partial charge in [-0.3, -0.25) is 4.79 Å². The number of rotatable bonds is 4. The summed E-state index contributed by atoms with van der Waals surface area (Å²) in [5, 5.41) is 14.9. The van der Waals surface area contributed by atoms with Crippen LogP contribution >= 0.6 is 0 Å². The van der Waals surface area contributed by atoms with Crippen molar-refractivity contribution < 1.29 is 9.18 Å². The third-order valence-electron chi connectivity index (χ3n) is 3.33. The van der Waals surface area contributed by atoms with Crippen molar-refractivity contribution in [1.29, 1.82) is 0 Å². The van der Waals surface area contributed by atoms with E-state index in [4.69, 9.17) is 0 Å². The Hall–Kier alpha value is -2.83. The predicted molar refractivity (Wildman–Crippen MR) is 83.3 cm³/mol. The molecule has 6 nitrogen and oxygen atoms in total. The van der Waals surface area contributed by atoms with Crippen molar-refractivity contribution in [3.05, 3.63) is 48.2 Å². The molecule has 1 amide bonds. The molecule has 0 atom stereocenters. The lowest BCUT2D eigenvalue weighted by Crippen LogP contribution is -2.28. The fourth-order valence-electron chi connectivity index (χ4n) is 2.17. The fourth-order valence-corrected chi connectivity index (χ4v) is 2.17. The van der Waals surface area contributed by atoms with Crippen LogP contribution in [-0.4, -0.2) is 32.3 Å². The van der Waals surface area contributed by atoms with Crippen molar-refractivity contribution in [1.82, 2.24) is 25.1 Å². The fraction of sp³-hybridized carbons (Fsp3) is 0.250. The highest BCUT2D eigenvalue weighted by molar-refractivity contribution is 5.94. The standard InChI is InChI=1S/C16H16FN5O/c1-10(2)8-18-16(23)14-7-13(11-3-5-12(17)6-4-11)15-20-19-9-22(15)21-14/h3-7,9-10H,8H2,1-2H3,(H,18,23). The highest BCUT2D eigenvalue weighted by atomic mass is 19.1. The lowest BCUT2D eigenvalue weighted by molar-refractivity contribution is 0.0942. The predicted octanol–water partition coefficient (Wildman–Crippen LogP) is 2.32. The minimum atomic E-state index is -0.324. The van der Waals surface area contributed by atoms with Crippen molar-refractivity contribution in [3.8, 4) is 11.1 Å². The van der Waals surface area contributed by atoms with Gasteiger partial charge in [0.15, 0.2) is 5.65 Å². The molecule has 0 aliphatic carbocycles. The van der Waals surface area contributed by atoms with Crippen molar-refractivity contribution >= 4 is 11.6 Å². The summed E-state index contributed by atoms with van der Waals surface area (Å²) < 4.78 is 14.6. The molecule has 0 saturated carbocycles. The Morgan fingerprint density at radius 1 is 1.30 bits per heavy atom. The molecule has 23 heavy (non-hydrogen) atoms. The van der Waals surface area contributed by atoms with Gasteiger partial charge in [-0.05, 0) is 29.7 Å². The maximum Gasteiger partial charge on any atom is 0.271 e. The van der Waals surface area contributed by atoms with Gasteiger partial charge in [-0.2, -0.15) is 9.61 Å². The monoisotopic (exact) mass is 313 g/mol. The summed E-state index contributed by atoms with van der Waals surface area (Å²) in [7, 11) is 0. The molecule has 0 bridgehead atoms. The van der Waals surface area contributed by atoms with E-state index in [-0.39, 0.29) is 17.4 Å². The molecule has 2 aromatic heterocycles.